The second-order valence-corrected chi connectivity index (χ2v) is 5.71. The number of aryl methyl sites for hydroxylation is 1. The largest absolute Gasteiger partial charge is 0.378 e. The third kappa shape index (κ3) is 4.32. The Kier molecular flexibility index (Phi) is 6.54. The molecule has 1 aromatic rings. The van der Waals surface area contributed by atoms with Gasteiger partial charge in [-0.2, -0.15) is 0 Å². The van der Waals surface area contributed by atoms with Crippen LogP contribution in [0.3, 0.4) is 0 Å². The van der Waals surface area contributed by atoms with E-state index in [2.05, 4.69) is 34.9 Å². The molecule has 1 aliphatic heterocycles. The number of aromatic nitrogens is 2. The van der Waals surface area contributed by atoms with Crippen LogP contribution in [0.15, 0.2) is 12.4 Å². The number of nitrogens with one attached hydrogen (secondary N) is 1. The van der Waals surface area contributed by atoms with Gasteiger partial charge in [0.05, 0.1) is 12.1 Å². The van der Waals surface area contributed by atoms with Crippen LogP contribution < -0.4 is 5.32 Å². The first-order valence-electron chi connectivity index (χ1n) is 8.21. The Morgan fingerprint density at radius 1 is 1.40 bits per heavy atom. The van der Waals surface area contributed by atoms with Crippen molar-refractivity contribution in [3.63, 3.8) is 0 Å². The molecule has 1 N–H and O–H groups in total. The molecule has 1 saturated heterocycles. The number of ether oxygens (including phenoxy) is 1. The molecule has 20 heavy (non-hydrogen) atoms. The van der Waals surface area contributed by atoms with E-state index in [0.29, 0.717) is 12.1 Å². The van der Waals surface area contributed by atoms with Crippen LogP contribution in [0, 0.1) is 0 Å². The monoisotopic (exact) mass is 279 g/mol. The zero-order valence-corrected chi connectivity index (χ0v) is 13.0. The minimum absolute atomic E-state index is 0.319. The van der Waals surface area contributed by atoms with Crippen molar-refractivity contribution in [3.05, 3.63) is 18.2 Å². The Bertz CT molecular complexity index is 372. The van der Waals surface area contributed by atoms with Gasteiger partial charge < -0.3 is 14.6 Å². The highest BCUT2D eigenvalue weighted by atomic mass is 16.5. The minimum Gasteiger partial charge on any atom is -0.378 e. The molecule has 1 fully saturated rings. The molecule has 0 aromatic carbocycles. The highest BCUT2D eigenvalue weighted by Gasteiger charge is 2.23. The molecule has 0 aliphatic carbocycles. The van der Waals surface area contributed by atoms with Crippen LogP contribution in [0.2, 0.25) is 0 Å². The molecule has 0 saturated carbocycles. The first-order chi connectivity index (χ1) is 9.85. The van der Waals surface area contributed by atoms with Gasteiger partial charge in [0.1, 0.15) is 5.82 Å². The topological polar surface area (TPSA) is 39.1 Å². The van der Waals surface area contributed by atoms with E-state index < -0.39 is 0 Å². The maximum atomic E-state index is 5.91. The van der Waals surface area contributed by atoms with Gasteiger partial charge in [-0.15, -0.1) is 0 Å². The van der Waals surface area contributed by atoms with Crippen LogP contribution in [0.1, 0.15) is 64.2 Å². The van der Waals surface area contributed by atoms with Crippen LogP contribution in [0.5, 0.6) is 0 Å². The lowest BCUT2D eigenvalue weighted by atomic mass is 10.0. The molecule has 0 radical (unpaired) electrons. The van der Waals surface area contributed by atoms with E-state index in [1.54, 1.807) is 0 Å². The van der Waals surface area contributed by atoms with Gasteiger partial charge in [0.2, 0.25) is 0 Å². The Labute approximate surface area is 122 Å². The lowest BCUT2D eigenvalue weighted by Gasteiger charge is -2.27. The molecule has 1 aromatic heterocycles. The number of hydrogen-bond donors (Lipinski definition) is 1. The van der Waals surface area contributed by atoms with Crippen LogP contribution in [-0.2, 0) is 11.3 Å². The third-order valence-electron chi connectivity index (χ3n) is 3.94. The summed E-state index contributed by atoms with van der Waals surface area (Å²) in [5.41, 5.74) is 0. The maximum absolute atomic E-state index is 5.91. The SMILES string of the molecule is CCCNC(CC1CCCCO1)c1nccn1CCC. The molecule has 4 heteroatoms. The van der Waals surface area contributed by atoms with Crippen molar-refractivity contribution in [3.8, 4) is 0 Å². The van der Waals surface area contributed by atoms with Crippen molar-refractivity contribution >= 4 is 0 Å². The van der Waals surface area contributed by atoms with E-state index in [-0.39, 0.29) is 0 Å². The standard InChI is InChI=1S/C16H29N3O/c1-3-8-17-15(13-14-7-5-6-12-20-14)16-18-9-11-19(16)10-4-2/h9,11,14-15,17H,3-8,10,12-13H2,1-2H3. The number of rotatable bonds is 8. The number of nitrogens with zero attached hydrogens (tertiary/aromatic N) is 2. The van der Waals surface area contributed by atoms with E-state index >= 15 is 0 Å². The first-order valence-corrected chi connectivity index (χ1v) is 8.21. The third-order valence-corrected chi connectivity index (χ3v) is 3.94. The minimum atomic E-state index is 0.319. The molecular formula is C16H29N3O. The fraction of sp³-hybridized carbons (Fsp3) is 0.812. The molecule has 2 rings (SSSR count). The highest BCUT2D eigenvalue weighted by Crippen LogP contribution is 2.24. The van der Waals surface area contributed by atoms with E-state index in [1.807, 2.05) is 6.20 Å². The predicted octanol–water partition coefficient (Wildman–Crippen LogP) is 3.29. The van der Waals surface area contributed by atoms with Crippen molar-refractivity contribution in [1.29, 1.82) is 0 Å². The van der Waals surface area contributed by atoms with E-state index in [1.165, 1.54) is 25.1 Å². The van der Waals surface area contributed by atoms with Gasteiger partial charge >= 0.3 is 0 Å². The summed E-state index contributed by atoms with van der Waals surface area (Å²) in [6.45, 7) is 7.43. The van der Waals surface area contributed by atoms with Gasteiger partial charge in [-0.05, 0) is 45.1 Å². The van der Waals surface area contributed by atoms with Crippen LogP contribution >= 0.6 is 0 Å². The zero-order chi connectivity index (χ0) is 14.2. The molecular weight excluding hydrogens is 250 g/mol. The van der Waals surface area contributed by atoms with Gasteiger partial charge in [-0.3, -0.25) is 0 Å². The molecule has 4 nitrogen and oxygen atoms in total. The van der Waals surface area contributed by atoms with Gasteiger partial charge in [-0.1, -0.05) is 13.8 Å². The first kappa shape index (κ1) is 15.5. The molecule has 0 amide bonds. The normalized spacial score (nSPS) is 21.0. The zero-order valence-electron chi connectivity index (χ0n) is 13.0. The summed E-state index contributed by atoms with van der Waals surface area (Å²) in [5, 5.41) is 3.65. The number of imidazole rings is 1. The summed E-state index contributed by atoms with van der Waals surface area (Å²) in [6, 6.07) is 0.319. The Morgan fingerprint density at radius 2 is 2.30 bits per heavy atom. The predicted molar refractivity (Wildman–Crippen MR) is 81.8 cm³/mol. The van der Waals surface area contributed by atoms with Crippen molar-refractivity contribution in [2.75, 3.05) is 13.2 Å². The molecule has 0 bridgehead atoms. The summed E-state index contributed by atoms with van der Waals surface area (Å²) >= 11 is 0. The average molecular weight is 279 g/mol. The molecule has 2 atom stereocenters. The quantitative estimate of drug-likeness (QED) is 0.793. The Hall–Kier alpha value is -0.870. The van der Waals surface area contributed by atoms with Crippen LogP contribution in [0.25, 0.3) is 0 Å². The summed E-state index contributed by atoms with van der Waals surface area (Å²) in [7, 11) is 0. The van der Waals surface area contributed by atoms with Crippen LogP contribution in [0.4, 0.5) is 0 Å². The van der Waals surface area contributed by atoms with Gasteiger partial charge in [-0.25, -0.2) is 4.98 Å². The molecule has 0 spiro atoms. The summed E-state index contributed by atoms with van der Waals surface area (Å²) in [6.07, 6.45) is 11.5. The van der Waals surface area contributed by atoms with Crippen molar-refractivity contribution < 1.29 is 4.74 Å². The second-order valence-electron chi connectivity index (χ2n) is 5.71. The molecule has 1 aliphatic rings. The molecule has 2 heterocycles. The Balaban J connectivity index is 2.02. The lowest BCUT2D eigenvalue weighted by molar-refractivity contribution is 0.00431. The van der Waals surface area contributed by atoms with Gasteiger partial charge in [0, 0.05) is 25.5 Å². The fourth-order valence-electron chi connectivity index (χ4n) is 2.92. The fourth-order valence-corrected chi connectivity index (χ4v) is 2.92. The van der Waals surface area contributed by atoms with Gasteiger partial charge in [0.25, 0.3) is 0 Å². The Morgan fingerprint density at radius 3 is 3.00 bits per heavy atom. The summed E-state index contributed by atoms with van der Waals surface area (Å²) in [4.78, 5) is 4.60. The van der Waals surface area contributed by atoms with Crippen molar-refractivity contribution in [1.82, 2.24) is 14.9 Å². The smallest absolute Gasteiger partial charge is 0.125 e. The van der Waals surface area contributed by atoms with Crippen molar-refractivity contribution in [2.24, 2.45) is 0 Å². The molecule has 2 unspecified atom stereocenters. The van der Waals surface area contributed by atoms with Crippen molar-refractivity contribution in [2.45, 2.75) is 71.1 Å². The van der Waals surface area contributed by atoms with E-state index in [9.17, 15) is 0 Å². The average Bonchev–Trinajstić information content (AvgIpc) is 2.93. The maximum Gasteiger partial charge on any atom is 0.125 e. The summed E-state index contributed by atoms with van der Waals surface area (Å²) in [5.74, 6) is 1.18. The van der Waals surface area contributed by atoms with Crippen LogP contribution in [-0.4, -0.2) is 28.8 Å². The summed E-state index contributed by atoms with van der Waals surface area (Å²) < 4.78 is 8.20. The number of hydrogen-bond acceptors (Lipinski definition) is 3. The van der Waals surface area contributed by atoms with E-state index in [0.717, 1.165) is 39.0 Å². The molecule has 114 valence electrons. The highest BCUT2D eigenvalue weighted by molar-refractivity contribution is 5.00. The second kappa shape index (κ2) is 8.42. The van der Waals surface area contributed by atoms with E-state index in [4.69, 9.17) is 4.74 Å². The van der Waals surface area contributed by atoms with Gasteiger partial charge in [0.15, 0.2) is 0 Å². The lowest BCUT2D eigenvalue weighted by Crippen LogP contribution is -2.31.